The first-order valence-corrected chi connectivity index (χ1v) is 4.86. The Morgan fingerprint density at radius 2 is 2.40 bits per heavy atom. The fourth-order valence-electron chi connectivity index (χ4n) is 1.55. The van der Waals surface area contributed by atoms with Crippen LogP contribution in [0.4, 0.5) is 5.69 Å². The largest absolute Gasteiger partial charge is 0.478 e. The van der Waals surface area contributed by atoms with E-state index in [-0.39, 0.29) is 0 Å². The SMILES string of the molecule is CN1CC(C(=O)O)Oc2ccc(Cl)cc21. The number of halogens is 1. The number of carbonyl (C=O) groups is 1. The summed E-state index contributed by atoms with van der Waals surface area (Å²) in [7, 11) is 1.81. The van der Waals surface area contributed by atoms with Crippen LogP contribution in [-0.4, -0.2) is 30.8 Å². The number of carboxylic acid groups (broad SMARTS) is 1. The summed E-state index contributed by atoms with van der Waals surface area (Å²) < 4.78 is 5.32. The lowest BCUT2D eigenvalue weighted by atomic mass is 10.2. The fourth-order valence-corrected chi connectivity index (χ4v) is 1.72. The van der Waals surface area contributed by atoms with Crippen molar-refractivity contribution in [2.75, 3.05) is 18.5 Å². The van der Waals surface area contributed by atoms with E-state index in [1.54, 1.807) is 18.2 Å². The first kappa shape index (κ1) is 10.1. The molecule has 1 aliphatic heterocycles. The number of rotatable bonds is 1. The molecule has 0 aliphatic carbocycles. The minimum Gasteiger partial charge on any atom is -0.478 e. The lowest BCUT2D eigenvalue weighted by molar-refractivity contribution is -0.144. The topological polar surface area (TPSA) is 49.8 Å². The van der Waals surface area contributed by atoms with Crippen LogP contribution in [0, 0.1) is 0 Å². The molecule has 0 saturated heterocycles. The standard InChI is InChI=1S/C10H10ClNO3/c1-12-5-9(10(13)14)15-8-3-2-6(11)4-7(8)12/h2-4,9H,5H2,1H3,(H,13,14). The van der Waals surface area contributed by atoms with Crippen molar-refractivity contribution in [2.45, 2.75) is 6.10 Å². The monoisotopic (exact) mass is 227 g/mol. The molecule has 1 atom stereocenters. The zero-order chi connectivity index (χ0) is 11.0. The molecule has 0 bridgehead atoms. The van der Waals surface area contributed by atoms with Gasteiger partial charge in [-0.05, 0) is 18.2 Å². The van der Waals surface area contributed by atoms with E-state index in [0.29, 0.717) is 17.3 Å². The second-order valence-corrected chi connectivity index (χ2v) is 3.87. The number of aliphatic carboxylic acids is 1. The van der Waals surface area contributed by atoms with Crippen LogP contribution in [0.2, 0.25) is 5.02 Å². The first-order chi connectivity index (χ1) is 7.08. The van der Waals surface area contributed by atoms with E-state index < -0.39 is 12.1 Å². The summed E-state index contributed by atoms with van der Waals surface area (Å²) >= 11 is 5.84. The van der Waals surface area contributed by atoms with E-state index >= 15 is 0 Å². The molecule has 0 saturated carbocycles. The third-order valence-corrected chi connectivity index (χ3v) is 2.55. The molecular weight excluding hydrogens is 218 g/mol. The van der Waals surface area contributed by atoms with Gasteiger partial charge in [-0.2, -0.15) is 0 Å². The molecule has 15 heavy (non-hydrogen) atoms. The van der Waals surface area contributed by atoms with Gasteiger partial charge in [0.2, 0.25) is 6.10 Å². The minimum atomic E-state index is -0.956. The number of nitrogens with zero attached hydrogens (tertiary/aromatic N) is 1. The molecular formula is C10H10ClNO3. The summed E-state index contributed by atoms with van der Waals surface area (Å²) in [4.78, 5) is 12.6. The van der Waals surface area contributed by atoms with Crippen LogP contribution in [0.25, 0.3) is 0 Å². The van der Waals surface area contributed by atoms with E-state index in [1.807, 2.05) is 11.9 Å². The highest BCUT2D eigenvalue weighted by molar-refractivity contribution is 6.30. The molecule has 0 amide bonds. The number of fused-ring (bicyclic) bond motifs is 1. The molecule has 1 aromatic carbocycles. The number of likely N-dealkylation sites (N-methyl/N-ethyl adjacent to an activating group) is 1. The number of hydrogen-bond acceptors (Lipinski definition) is 3. The Kier molecular flexibility index (Phi) is 2.44. The second-order valence-electron chi connectivity index (χ2n) is 3.44. The quantitative estimate of drug-likeness (QED) is 0.792. The lowest BCUT2D eigenvalue weighted by Gasteiger charge is -2.31. The Labute approximate surface area is 92.0 Å². The van der Waals surface area contributed by atoms with Crippen LogP contribution in [0.15, 0.2) is 18.2 Å². The van der Waals surface area contributed by atoms with Crippen molar-refractivity contribution in [1.29, 1.82) is 0 Å². The summed E-state index contributed by atoms with van der Waals surface area (Å²) in [5.74, 6) is -0.400. The van der Waals surface area contributed by atoms with Crippen molar-refractivity contribution in [3.63, 3.8) is 0 Å². The van der Waals surface area contributed by atoms with Gasteiger partial charge < -0.3 is 14.7 Å². The summed E-state index contributed by atoms with van der Waals surface area (Å²) in [6, 6.07) is 5.12. The van der Waals surface area contributed by atoms with Gasteiger partial charge in [-0.3, -0.25) is 0 Å². The zero-order valence-electron chi connectivity index (χ0n) is 8.11. The van der Waals surface area contributed by atoms with Crippen LogP contribution in [0.1, 0.15) is 0 Å². The number of carboxylic acids is 1. The number of anilines is 1. The Morgan fingerprint density at radius 3 is 3.07 bits per heavy atom. The molecule has 0 radical (unpaired) electrons. The summed E-state index contributed by atoms with van der Waals surface area (Å²) in [6.45, 7) is 0.322. The maximum absolute atomic E-state index is 10.8. The molecule has 5 heteroatoms. The highest BCUT2D eigenvalue weighted by Gasteiger charge is 2.28. The van der Waals surface area contributed by atoms with Crippen LogP contribution in [0.3, 0.4) is 0 Å². The molecule has 0 aromatic heterocycles. The van der Waals surface area contributed by atoms with Gasteiger partial charge in [-0.25, -0.2) is 4.79 Å². The fraction of sp³-hybridized carbons (Fsp3) is 0.300. The van der Waals surface area contributed by atoms with Crippen molar-refractivity contribution < 1.29 is 14.6 Å². The minimum absolute atomic E-state index is 0.322. The average Bonchev–Trinajstić information content (AvgIpc) is 2.18. The molecule has 1 unspecified atom stereocenters. The number of benzene rings is 1. The Bertz CT molecular complexity index is 408. The van der Waals surface area contributed by atoms with Gasteiger partial charge in [0.1, 0.15) is 5.75 Å². The van der Waals surface area contributed by atoms with Crippen molar-refractivity contribution in [2.24, 2.45) is 0 Å². The zero-order valence-corrected chi connectivity index (χ0v) is 8.86. The van der Waals surface area contributed by atoms with Gasteiger partial charge >= 0.3 is 5.97 Å². The molecule has 1 aliphatic rings. The molecule has 1 N–H and O–H groups in total. The van der Waals surface area contributed by atoms with Crippen molar-refractivity contribution in [3.8, 4) is 5.75 Å². The molecule has 4 nitrogen and oxygen atoms in total. The van der Waals surface area contributed by atoms with E-state index in [4.69, 9.17) is 21.4 Å². The molecule has 2 rings (SSSR count). The maximum atomic E-state index is 10.8. The predicted octanol–water partition coefficient (Wildman–Crippen LogP) is 1.62. The molecule has 1 heterocycles. The van der Waals surface area contributed by atoms with E-state index in [0.717, 1.165) is 5.69 Å². The van der Waals surface area contributed by atoms with E-state index in [2.05, 4.69) is 0 Å². The van der Waals surface area contributed by atoms with Crippen LogP contribution in [0.5, 0.6) is 5.75 Å². The molecule has 0 fully saturated rings. The summed E-state index contributed by atoms with van der Waals surface area (Å²) in [5, 5.41) is 9.47. The number of hydrogen-bond donors (Lipinski definition) is 1. The highest BCUT2D eigenvalue weighted by Crippen LogP contribution is 2.34. The summed E-state index contributed by atoms with van der Waals surface area (Å²) in [6.07, 6.45) is -0.816. The Balaban J connectivity index is 2.36. The van der Waals surface area contributed by atoms with Gasteiger partial charge in [0.05, 0.1) is 12.2 Å². The summed E-state index contributed by atoms with van der Waals surface area (Å²) in [5.41, 5.74) is 0.819. The lowest BCUT2D eigenvalue weighted by Crippen LogP contribution is -2.42. The van der Waals surface area contributed by atoms with Crippen molar-refractivity contribution in [1.82, 2.24) is 0 Å². The normalized spacial score (nSPS) is 19.3. The van der Waals surface area contributed by atoms with Gasteiger partial charge in [-0.15, -0.1) is 0 Å². The molecule has 80 valence electrons. The van der Waals surface area contributed by atoms with Gasteiger partial charge in [0.25, 0.3) is 0 Å². The van der Waals surface area contributed by atoms with Gasteiger partial charge in [0, 0.05) is 12.1 Å². The third-order valence-electron chi connectivity index (χ3n) is 2.32. The first-order valence-electron chi connectivity index (χ1n) is 4.48. The van der Waals surface area contributed by atoms with Gasteiger partial charge in [-0.1, -0.05) is 11.6 Å². The molecule has 1 aromatic rings. The Hall–Kier alpha value is -1.42. The van der Waals surface area contributed by atoms with Gasteiger partial charge in [0.15, 0.2) is 0 Å². The van der Waals surface area contributed by atoms with Crippen molar-refractivity contribution in [3.05, 3.63) is 23.2 Å². The van der Waals surface area contributed by atoms with Crippen LogP contribution < -0.4 is 9.64 Å². The van der Waals surface area contributed by atoms with E-state index in [9.17, 15) is 4.79 Å². The second kappa shape index (κ2) is 3.62. The highest BCUT2D eigenvalue weighted by atomic mass is 35.5. The van der Waals surface area contributed by atoms with Crippen LogP contribution >= 0.6 is 11.6 Å². The van der Waals surface area contributed by atoms with Crippen LogP contribution in [-0.2, 0) is 4.79 Å². The predicted molar refractivity (Wildman–Crippen MR) is 56.8 cm³/mol. The number of ether oxygens (including phenoxy) is 1. The maximum Gasteiger partial charge on any atom is 0.346 e. The smallest absolute Gasteiger partial charge is 0.346 e. The average molecular weight is 228 g/mol. The van der Waals surface area contributed by atoms with E-state index in [1.165, 1.54) is 0 Å². The van der Waals surface area contributed by atoms with Crippen molar-refractivity contribution >= 4 is 23.3 Å². The molecule has 0 spiro atoms. The third kappa shape index (κ3) is 1.85. The Morgan fingerprint density at radius 1 is 1.67 bits per heavy atom.